The molecule has 3 aromatic heterocycles. The summed E-state index contributed by atoms with van der Waals surface area (Å²) in [5.41, 5.74) is 10.6. The topological polar surface area (TPSA) is 35.1 Å². The average Bonchev–Trinajstić information content (AvgIpc) is 3.73. The van der Waals surface area contributed by atoms with Crippen LogP contribution in [-0.2, 0) is 0 Å². The van der Waals surface area contributed by atoms with Crippen molar-refractivity contribution in [2.75, 3.05) is 0 Å². The average molecular weight is 619 g/mol. The third-order valence-corrected chi connectivity index (χ3v) is 8.99. The van der Waals surface area contributed by atoms with Crippen LogP contribution in [0.25, 0.3) is 90.2 Å². The molecule has 0 unspecified atom stereocenters. The Morgan fingerprint density at radius 1 is 0.583 bits per heavy atom. The van der Waals surface area contributed by atoms with E-state index in [2.05, 4.69) is 137 Å². The lowest BCUT2D eigenvalue weighted by Gasteiger charge is -2.13. The van der Waals surface area contributed by atoms with Crippen molar-refractivity contribution in [2.45, 2.75) is 13.8 Å². The molecule has 9 rings (SSSR count). The predicted octanol–water partition coefficient (Wildman–Crippen LogP) is 9.87. The van der Waals surface area contributed by atoms with Crippen molar-refractivity contribution in [3.8, 4) is 28.2 Å². The molecule has 48 heavy (non-hydrogen) atoms. The summed E-state index contributed by atoms with van der Waals surface area (Å²) in [4.78, 5) is 10.2. The van der Waals surface area contributed by atoms with E-state index in [1.165, 1.54) is 5.39 Å². The molecule has 230 valence electrons. The van der Waals surface area contributed by atoms with Gasteiger partial charge in [0.2, 0.25) is 0 Å². The predicted molar refractivity (Wildman–Crippen MR) is 204 cm³/mol. The van der Waals surface area contributed by atoms with Crippen LogP contribution < -0.4 is 10.4 Å². The molecular weight excluding hydrogens is 585 g/mol. The van der Waals surface area contributed by atoms with Crippen molar-refractivity contribution in [3.63, 3.8) is 0 Å². The Morgan fingerprint density at radius 2 is 1.21 bits per heavy atom. The first-order chi connectivity index (χ1) is 23.7. The van der Waals surface area contributed by atoms with Crippen molar-refractivity contribution < 1.29 is 0 Å². The molecule has 4 heteroatoms. The van der Waals surface area contributed by atoms with Crippen LogP contribution in [0, 0.1) is 0 Å². The zero-order chi connectivity index (χ0) is 32.8. The summed E-state index contributed by atoms with van der Waals surface area (Å²) >= 11 is 0. The van der Waals surface area contributed by atoms with Gasteiger partial charge in [-0.2, -0.15) is 0 Å². The first-order valence-electron chi connectivity index (χ1n) is 16.4. The number of nitrogens with zero attached hydrogens (tertiary/aromatic N) is 4. The molecule has 9 aromatic rings. The standard InChI is InChI=1S/C42H28N4.C2H6/c1-3-11-32-27(2)18-24-34-33-25-23-30(26-39(33)46-38-17-10-8-15-36(38)44-42(46)40(32)34)28-19-21-29(22-20-28)41-43-35-14-7-9-16-37(35)45(41)31-12-5-4-6-13-31;1-2/h3-26H,1-2H2;1-2H3/b32-11+;. The van der Waals surface area contributed by atoms with Crippen LogP contribution in [0.1, 0.15) is 13.8 Å². The normalized spacial score (nSPS) is 11.8. The summed E-state index contributed by atoms with van der Waals surface area (Å²) < 4.78 is 4.54. The molecule has 0 bridgehead atoms. The SMILES string of the molecule is C=C/C=c1\c(=C)ccc2c3ccc(-c4ccc(-c5nc6ccccc6n5-c5ccccc5)cc4)cc3n3c4ccccc4nc3c12.CC. The zero-order valence-corrected chi connectivity index (χ0v) is 27.1. The molecule has 0 fully saturated rings. The van der Waals surface area contributed by atoms with Crippen LogP contribution in [0.5, 0.6) is 0 Å². The van der Waals surface area contributed by atoms with Crippen molar-refractivity contribution in [2.24, 2.45) is 0 Å². The van der Waals surface area contributed by atoms with Gasteiger partial charge in [0.15, 0.2) is 0 Å². The Bertz CT molecular complexity index is 2770. The maximum absolute atomic E-state index is 5.15. The molecule has 0 N–H and O–H groups in total. The van der Waals surface area contributed by atoms with Gasteiger partial charge in [-0.25, -0.2) is 9.97 Å². The van der Waals surface area contributed by atoms with Gasteiger partial charge in [0.1, 0.15) is 11.5 Å². The van der Waals surface area contributed by atoms with Gasteiger partial charge in [0.05, 0.1) is 27.6 Å². The quantitative estimate of drug-likeness (QED) is 0.184. The fourth-order valence-electron chi connectivity index (χ4n) is 6.87. The highest BCUT2D eigenvalue weighted by molar-refractivity contribution is 6.14. The molecule has 0 atom stereocenters. The van der Waals surface area contributed by atoms with Gasteiger partial charge in [-0.15, -0.1) is 0 Å². The second-order valence-corrected chi connectivity index (χ2v) is 11.6. The highest BCUT2D eigenvalue weighted by Crippen LogP contribution is 2.35. The van der Waals surface area contributed by atoms with E-state index in [9.17, 15) is 0 Å². The van der Waals surface area contributed by atoms with Gasteiger partial charge in [-0.05, 0) is 69.4 Å². The van der Waals surface area contributed by atoms with E-state index in [4.69, 9.17) is 9.97 Å². The highest BCUT2D eigenvalue weighted by atomic mass is 15.1. The lowest BCUT2D eigenvalue weighted by molar-refractivity contribution is 1.10. The van der Waals surface area contributed by atoms with Gasteiger partial charge in [-0.1, -0.05) is 130 Å². The second kappa shape index (κ2) is 11.8. The van der Waals surface area contributed by atoms with Gasteiger partial charge < -0.3 is 0 Å². The van der Waals surface area contributed by atoms with Crippen molar-refractivity contribution in [3.05, 3.63) is 157 Å². The third-order valence-electron chi connectivity index (χ3n) is 8.99. The molecule has 0 saturated heterocycles. The van der Waals surface area contributed by atoms with Gasteiger partial charge in [0, 0.05) is 22.0 Å². The maximum atomic E-state index is 5.15. The Labute approximate surface area is 278 Å². The lowest BCUT2D eigenvalue weighted by Crippen LogP contribution is -2.24. The molecular formula is C44H34N4. The second-order valence-electron chi connectivity index (χ2n) is 11.6. The fraction of sp³-hybridized carbons (Fsp3) is 0.0455. The van der Waals surface area contributed by atoms with E-state index in [1.54, 1.807) is 0 Å². The van der Waals surface area contributed by atoms with E-state index in [0.29, 0.717) is 0 Å². The summed E-state index contributed by atoms with van der Waals surface area (Å²) in [6, 6.07) is 46.8. The highest BCUT2D eigenvalue weighted by Gasteiger charge is 2.17. The number of para-hydroxylation sites is 5. The summed E-state index contributed by atoms with van der Waals surface area (Å²) in [5, 5.41) is 5.42. The first kappa shape index (κ1) is 29.2. The minimum Gasteiger partial charge on any atom is -0.292 e. The summed E-state index contributed by atoms with van der Waals surface area (Å²) in [6.07, 6.45) is 3.87. The van der Waals surface area contributed by atoms with Gasteiger partial charge in [-0.3, -0.25) is 8.97 Å². The number of imidazole rings is 2. The number of benzene rings is 6. The molecule has 0 spiro atoms. The minimum atomic E-state index is 0.924. The van der Waals surface area contributed by atoms with E-state index in [1.807, 2.05) is 44.2 Å². The number of hydrogen-bond donors (Lipinski definition) is 0. The Morgan fingerprint density at radius 3 is 1.96 bits per heavy atom. The Kier molecular flexibility index (Phi) is 7.19. The Balaban J connectivity index is 0.00000165. The number of aromatic nitrogens is 4. The summed E-state index contributed by atoms with van der Waals surface area (Å²) in [7, 11) is 0. The van der Waals surface area contributed by atoms with E-state index in [0.717, 1.165) is 82.6 Å². The van der Waals surface area contributed by atoms with Crippen LogP contribution in [0.15, 0.2) is 146 Å². The van der Waals surface area contributed by atoms with Crippen molar-refractivity contribution >= 4 is 62.0 Å². The van der Waals surface area contributed by atoms with Gasteiger partial charge in [0.25, 0.3) is 0 Å². The zero-order valence-electron chi connectivity index (χ0n) is 27.1. The number of hydrogen-bond acceptors (Lipinski definition) is 2. The van der Waals surface area contributed by atoms with Crippen LogP contribution in [0.4, 0.5) is 0 Å². The maximum Gasteiger partial charge on any atom is 0.147 e. The van der Waals surface area contributed by atoms with Gasteiger partial charge >= 0.3 is 0 Å². The van der Waals surface area contributed by atoms with E-state index in [-0.39, 0.29) is 0 Å². The minimum absolute atomic E-state index is 0.924. The molecule has 6 aromatic carbocycles. The smallest absolute Gasteiger partial charge is 0.147 e. The monoisotopic (exact) mass is 618 g/mol. The third kappa shape index (κ3) is 4.53. The van der Waals surface area contributed by atoms with Crippen LogP contribution >= 0.6 is 0 Å². The molecule has 0 aliphatic heterocycles. The largest absolute Gasteiger partial charge is 0.292 e. The molecule has 0 aliphatic carbocycles. The van der Waals surface area contributed by atoms with Crippen LogP contribution in [0.3, 0.4) is 0 Å². The molecule has 0 amide bonds. The molecule has 0 aliphatic rings. The van der Waals surface area contributed by atoms with Crippen LogP contribution in [0.2, 0.25) is 0 Å². The number of rotatable bonds is 4. The fourth-order valence-corrected chi connectivity index (χ4v) is 6.87. The van der Waals surface area contributed by atoms with E-state index < -0.39 is 0 Å². The molecule has 3 heterocycles. The first-order valence-corrected chi connectivity index (χ1v) is 16.4. The summed E-state index contributed by atoms with van der Waals surface area (Å²) in [6.45, 7) is 12.3. The number of pyridine rings is 1. The van der Waals surface area contributed by atoms with Crippen LogP contribution in [-0.4, -0.2) is 18.9 Å². The van der Waals surface area contributed by atoms with Crippen molar-refractivity contribution in [1.29, 1.82) is 0 Å². The summed E-state index contributed by atoms with van der Waals surface area (Å²) in [5.74, 6) is 0.924. The molecule has 0 radical (unpaired) electrons. The lowest BCUT2D eigenvalue weighted by atomic mass is 9.98. The number of allylic oxidation sites excluding steroid dienone is 1. The number of fused-ring (bicyclic) bond motifs is 9. The molecule has 0 saturated carbocycles. The van der Waals surface area contributed by atoms with E-state index >= 15 is 0 Å². The molecule has 4 nitrogen and oxygen atoms in total. The van der Waals surface area contributed by atoms with Crippen molar-refractivity contribution in [1.82, 2.24) is 18.9 Å². The Hall–Kier alpha value is -6.26.